The number of carboxylic acids is 1. The second-order valence-electron chi connectivity index (χ2n) is 4.62. The van der Waals surface area contributed by atoms with Gasteiger partial charge in [0.05, 0.1) is 31.0 Å². The average Bonchev–Trinajstić information content (AvgIpc) is 2.46. The number of pyridine rings is 1. The summed E-state index contributed by atoms with van der Waals surface area (Å²) in [5.74, 6) is -0.288. The number of aliphatic carboxylic acids is 1. The lowest BCUT2D eigenvalue weighted by atomic mass is 10.2. The van der Waals surface area contributed by atoms with Crippen LogP contribution in [0.2, 0.25) is 0 Å². The van der Waals surface area contributed by atoms with Crippen molar-refractivity contribution in [3.05, 3.63) is 18.3 Å². The highest BCUT2D eigenvalue weighted by Gasteiger charge is 2.13. The summed E-state index contributed by atoms with van der Waals surface area (Å²) >= 11 is 0. The van der Waals surface area contributed by atoms with Gasteiger partial charge in [-0.15, -0.1) is 0 Å². The van der Waals surface area contributed by atoms with Crippen LogP contribution in [0.25, 0.3) is 0 Å². The van der Waals surface area contributed by atoms with Gasteiger partial charge >= 0.3 is 5.97 Å². The number of ether oxygens (including phenoxy) is 1. The fraction of sp³-hybridized carbons (Fsp3) is 0.538. The first-order chi connectivity index (χ1) is 9.16. The summed E-state index contributed by atoms with van der Waals surface area (Å²) in [5.41, 5.74) is 0.838. The molecule has 1 fully saturated rings. The number of nitrogens with one attached hydrogen (secondary N) is 1. The Labute approximate surface area is 112 Å². The lowest BCUT2D eigenvalue weighted by Gasteiger charge is -2.27. The third-order valence-electron chi connectivity index (χ3n) is 3.12. The smallest absolute Gasteiger partial charge is 0.308 e. The van der Waals surface area contributed by atoms with Gasteiger partial charge in [-0.2, -0.15) is 0 Å². The van der Waals surface area contributed by atoms with Crippen molar-refractivity contribution in [2.75, 3.05) is 43.1 Å². The van der Waals surface area contributed by atoms with Gasteiger partial charge in [-0.1, -0.05) is 6.92 Å². The molecule has 1 unspecified atom stereocenters. The van der Waals surface area contributed by atoms with Crippen LogP contribution < -0.4 is 10.2 Å². The molecule has 1 aromatic rings. The summed E-state index contributed by atoms with van der Waals surface area (Å²) in [7, 11) is 0. The van der Waals surface area contributed by atoms with Crippen molar-refractivity contribution >= 4 is 17.5 Å². The Morgan fingerprint density at radius 3 is 2.84 bits per heavy atom. The van der Waals surface area contributed by atoms with Crippen LogP contribution in [0.15, 0.2) is 18.3 Å². The van der Waals surface area contributed by atoms with Crippen molar-refractivity contribution in [3.8, 4) is 0 Å². The highest BCUT2D eigenvalue weighted by Crippen LogP contribution is 2.15. The number of carboxylic acid groups (broad SMARTS) is 1. The number of rotatable bonds is 5. The number of aromatic nitrogens is 1. The Morgan fingerprint density at radius 1 is 1.53 bits per heavy atom. The third kappa shape index (κ3) is 3.82. The summed E-state index contributed by atoms with van der Waals surface area (Å²) in [4.78, 5) is 17.3. The lowest BCUT2D eigenvalue weighted by molar-refractivity contribution is -0.140. The van der Waals surface area contributed by atoms with Crippen molar-refractivity contribution in [2.24, 2.45) is 5.92 Å². The lowest BCUT2D eigenvalue weighted by Crippen LogP contribution is -2.36. The van der Waals surface area contributed by atoms with Gasteiger partial charge in [0.15, 0.2) is 0 Å². The summed E-state index contributed by atoms with van der Waals surface area (Å²) < 4.78 is 5.29. The predicted octanol–water partition coefficient (Wildman–Crippen LogP) is 1.05. The number of nitrogens with zero attached hydrogens (tertiary/aromatic N) is 2. The molecule has 104 valence electrons. The van der Waals surface area contributed by atoms with E-state index in [-0.39, 0.29) is 0 Å². The van der Waals surface area contributed by atoms with E-state index in [2.05, 4.69) is 15.2 Å². The van der Waals surface area contributed by atoms with Crippen molar-refractivity contribution in [3.63, 3.8) is 0 Å². The molecule has 1 aromatic heterocycles. The van der Waals surface area contributed by atoms with E-state index in [0.29, 0.717) is 6.54 Å². The third-order valence-corrected chi connectivity index (χ3v) is 3.12. The summed E-state index contributed by atoms with van der Waals surface area (Å²) in [5, 5.41) is 11.9. The first-order valence-corrected chi connectivity index (χ1v) is 6.42. The number of morpholine rings is 1. The van der Waals surface area contributed by atoms with E-state index < -0.39 is 11.9 Å². The first kappa shape index (κ1) is 13.6. The first-order valence-electron chi connectivity index (χ1n) is 6.42. The van der Waals surface area contributed by atoms with Crippen LogP contribution in [0.3, 0.4) is 0 Å². The molecule has 0 amide bonds. The van der Waals surface area contributed by atoms with E-state index in [4.69, 9.17) is 9.84 Å². The molecule has 1 saturated heterocycles. The van der Waals surface area contributed by atoms with Crippen molar-refractivity contribution < 1.29 is 14.6 Å². The second kappa shape index (κ2) is 6.38. The topological polar surface area (TPSA) is 74.7 Å². The molecule has 0 aromatic carbocycles. The van der Waals surface area contributed by atoms with Gasteiger partial charge in [0, 0.05) is 19.6 Å². The highest BCUT2D eigenvalue weighted by molar-refractivity contribution is 5.70. The van der Waals surface area contributed by atoms with Crippen LogP contribution in [-0.2, 0) is 9.53 Å². The Hall–Kier alpha value is -1.82. The summed E-state index contributed by atoms with van der Waals surface area (Å²) in [6, 6.07) is 3.87. The minimum atomic E-state index is -0.801. The molecule has 0 saturated carbocycles. The van der Waals surface area contributed by atoms with Crippen LogP contribution in [0.1, 0.15) is 6.92 Å². The molecule has 0 aliphatic carbocycles. The Kier molecular flexibility index (Phi) is 4.57. The number of carbonyl (C=O) groups is 1. The monoisotopic (exact) mass is 265 g/mol. The van der Waals surface area contributed by atoms with Crippen LogP contribution >= 0.6 is 0 Å². The van der Waals surface area contributed by atoms with Gasteiger partial charge < -0.3 is 20.1 Å². The maximum atomic E-state index is 10.7. The van der Waals surface area contributed by atoms with E-state index in [0.717, 1.165) is 37.8 Å². The normalized spacial score (nSPS) is 17.0. The molecule has 6 nitrogen and oxygen atoms in total. The van der Waals surface area contributed by atoms with Crippen molar-refractivity contribution in [1.82, 2.24) is 4.98 Å². The van der Waals surface area contributed by atoms with Gasteiger partial charge in [0.2, 0.25) is 0 Å². The Bertz CT molecular complexity index is 416. The van der Waals surface area contributed by atoms with Crippen LogP contribution in [-0.4, -0.2) is 48.9 Å². The van der Waals surface area contributed by atoms with Gasteiger partial charge in [-0.25, -0.2) is 4.98 Å². The zero-order chi connectivity index (χ0) is 13.7. The van der Waals surface area contributed by atoms with E-state index in [1.54, 1.807) is 13.1 Å². The quantitative estimate of drug-likeness (QED) is 0.829. The van der Waals surface area contributed by atoms with Crippen LogP contribution in [0.4, 0.5) is 11.5 Å². The van der Waals surface area contributed by atoms with E-state index in [9.17, 15) is 4.79 Å². The van der Waals surface area contributed by atoms with Crippen LogP contribution in [0, 0.1) is 5.92 Å². The van der Waals surface area contributed by atoms with E-state index in [1.165, 1.54) is 0 Å². The molecule has 1 aliphatic rings. The second-order valence-corrected chi connectivity index (χ2v) is 4.62. The number of hydrogen-bond donors (Lipinski definition) is 2. The predicted molar refractivity (Wildman–Crippen MR) is 72.6 cm³/mol. The van der Waals surface area contributed by atoms with Gasteiger partial charge in [0.25, 0.3) is 0 Å². The molecule has 1 aliphatic heterocycles. The van der Waals surface area contributed by atoms with Crippen molar-refractivity contribution in [2.45, 2.75) is 6.92 Å². The molecule has 2 N–H and O–H groups in total. The molecule has 19 heavy (non-hydrogen) atoms. The molecule has 2 heterocycles. The van der Waals surface area contributed by atoms with E-state index >= 15 is 0 Å². The van der Waals surface area contributed by atoms with Gasteiger partial charge in [-0.05, 0) is 12.1 Å². The largest absolute Gasteiger partial charge is 0.481 e. The maximum absolute atomic E-state index is 10.7. The Morgan fingerprint density at radius 2 is 2.26 bits per heavy atom. The zero-order valence-corrected chi connectivity index (χ0v) is 11.0. The maximum Gasteiger partial charge on any atom is 0.308 e. The average molecular weight is 265 g/mol. The number of anilines is 2. The molecule has 2 rings (SSSR count). The fourth-order valence-corrected chi connectivity index (χ4v) is 1.83. The molecular weight excluding hydrogens is 246 g/mol. The minimum Gasteiger partial charge on any atom is -0.481 e. The minimum absolute atomic E-state index is 0.397. The van der Waals surface area contributed by atoms with E-state index in [1.807, 2.05) is 12.1 Å². The molecule has 0 spiro atoms. The molecule has 6 heteroatoms. The standard InChI is InChI=1S/C13H19N3O3/c1-10(13(17)18)8-14-11-2-3-12(15-9-11)16-4-6-19-7-5-16/h2-3,9-10,14H,4-8H2,1H3,(H,17,18). The van der Waals surface area contributed by atoms with Crippen LogP contribution in [0.5, 0.6) is 0 Å². The zero-order valence-electron chi connectivity index (χ0n) is 11.0. The Balaban J connectivity index is 1.89. The SMILES string of the molecule is CC(CNc1ccc(N2CCOCC2)nc1)C(=O)O. The highest BCUT2D eigenvalue weighted by atomic mass is 16.5. The number of hydrogen-bond acceptors (Lipinski definition) is 5. The molecule has 0 bridgehead atoms. The van der Waals surface area contributed by atoms with Gasteiger partial charge in [0.1, 0.15) is 5.82 Å². The van der Waals surface area contributed by atoms with Gasteiger partial charge in [-0.3, -0.25) is 4.79 Å². The van der Waals surface area contributed by atoms with Crippen molar-refractivity contribution in [1.29, 1.82) is 0 Å². The fourth-order valence-electron chi connectivity index (χ4n) is 1.83. The summed E-state index contributed by atoms with van der Waals surface area (Å²) in [6.07, 6.45) is 1.74. The summed E-state index contributed by atoms with van der Waals surface area (Å²) in [6.45, 7) is 5.25. The molecular formula is C13H19N3O3. The molecule has 1 atom stereocenters. The molecule has 0 radical (unpaired) electrons.